The van der Waals surface area contributed by atoms with Crippen LogP contribution in [0.15, 0.2) is 35.4 Å². The molecule has 152 valence electrons. The first-order chi connectivity index (χ1) is 13.4. The van der Waals surface area contributed by atoms with E-state index < -0.39 is 10.0 Å². The van der Waals surface area contributed by atoms with Crippen molar-refractivity contribution in [3.05, 3.63) is 35.9 Å². The SMILES string of the molecule is CCS(=O)(=O)N1CCN(C(=O)CCC(=O)N2CCC(c3ccccc3)=N2)CC1. The highest BCUT2D eigenvalue weighted by Crippen LogP contribution is 2.16. The van der Waals surface area contributed by atoms with Crippen molar-refractivity contribution in [2.24, 2.45) is 5.10 Å². The molecule has 1 aromatic carbocycles. The Hall–Kier alpha value is -2.26. The largest absolute Gasteiger partial charge is 0.340 e. The summed E-state index contributed by atoms with van der Waals surface area (Å²) in [6.07, 6.45) is 0.932. The molecule has 2 amide bonds. The number of carbonyl (C=O) groups excluding carboxylic acids is 2. The zero-order chi connectivity index (χ0) is 20.1. The van der Waals surface area contributed by atoms with Gasteiger partial charge in [0.1, 0.15) is 0 Å². The third kappa shape index (κ3) is 4.77. The van der Waals surface area contributed by atoms with E-state index in [1.807, 2.05) is 30.3 Å². The van der Waals surface area contributed by atoms with E-state index >= 15 is 0 Å². The first-order valence-corrected chi connectivity index (χ1v) is 11.2. The van der Waals surface area contributed by atoms with Crippen LogP contribution in [0.5, 0.6) is 0 Å². The van der Waals surface area contributed by atoms with Crippen LogP contribution in [0.1, 0.15) is 31.7 Å². The minimum absolute atomic E-state index is 0.0662. The zero-order valence-electron chi connectivity index (χ0n) is 16.1. The van der Waals surface area contributed by atoms with Gasteiger partial charge in [0.15, 0.2) is 0 Å². The van der Waals surface area contributed by atoms with E-state index in [2.05, 4.69) is 5.10 Å². The Morgan fingerprint density at radius 3 is 2.25 bits per heavy atom. The Morgan fingerprint density at radius 1 is 0.964 bits per heavy atom. The summed E-state index contributed by atoms with van der Waals surface area (Å²) < 4.78 is 25.2. The highest BCUT2D eigenvalue weighted by Gasteiger charge is 2.28. The van der Waals surface area contributed by atoms with Gasteiger partial charge in [-0.2, -0.15) is 9.41 Å². The number of nitrogens with zero attached hydrogens (tertiary/aromatic N) is 4. The fourth-order valence-corrected chi connectivity index (χ4v) is 4.45. The molecular formula is C19H26N4O4S. The molecule has 1 aromatic rings. The molecule has 1 fully saturated rings. The van der Waals surface area contributed by atoms with Gasteiger partial charge in [-0.05, 0) is 12.5 Å². The lowest BCUT2D eigenvalue weighted by molar-refractivity contribution is -0.137. The van der Waals surface area contributed by atoms with Gasteiger partial charge in [-0.15, -0.1) is 0 Å². The molecule has 2 heterocycles. The van der Waals surface area contributed by atoms with Crippen molar-refractivity contribution in [1.29, 1.82) is 0 Å². The Bertz CT molecular complexity index is 846. The van der Waals surface area contributed by atoms with Crippen LogP contribution < -0.4 is 0 Å². The van der Waals surface area contributed by atoms with E-state index in [1.54, 1.807) is 11.8 Å². The van der Waals surface area contributed by atoms with Crippen molar-refractivity contribution in [2.75, 3.05) is 38.5 Å². The number of carbonyl (C=O) groups is 2. The number of amides is 2. The maximum absolute atomic E-state index is 12.4. The van der Waals surface area contributed by atoms with Crippen LogP contribution in [0.2, 0.25) is 0 Å². The van der Waals surface area contributed by atoms with Crippen LogP contribution in [0.3, 0.4) is 0 Å². The third-order valence-corrected chi connectivity index (χ3v) is 6.98. The molecule has 1 saturated heterocycles. The average Bonchev–Trinajstić information content (AvgIpc) is 3.23. The summed E-state index contributed by atoms with van der Waals surface area (Å²) in [4.78, 5) is 26.4. The lowest BCUT2D eigenvalue weighted by atomic mass is 10.1. The highest BCUT2D eigenvalue weighted by molar-refractivity contribution is 7.89. The summed E-state index contributed by atoms with van der Waals surface area (Å²) in [6, 6.07) is 9.74. The molecule has 0 radical (unpaired) electrons. The average molecular weight is 407 g/mol. The van der Waals surface area contributed by atoms with Crippen LogP contribution in [0.25, 0.3) is 0 Å². The molecule has 9 heteroatoms. The van der Waals surface area contributed by atoms with Crippen molar-refractivity contribution in [2.45, 2.75) is 26.2 Å². The summed E-state index contributed by atoms with van der Waals surface area (Å²) >= 11 is 0. The molecule has 3 rings (SSSR count). The summed E-state index contributed by atoms with van der Waals surface area (Å²) in [7, 11) is -3.22. The normalized spacial score (nSPS) is 18.2. The molecule has 0 saturated carbocycles. The summed E-state index contributed by atoms with van der Waals surface area (Å²) in [5.74, 6) is -0.212. The second kappa shape index (κ2) is 8.83. The van der Waals surface area contributed by atoms with Crippen molar-refractivity contribution in [3.63, 3.8) is 0 Å². The second-order valence-electron chi connectivity index (χ2n) is 6.86. The number of benzene rings is 1. The first kappa shape index (κ1) is 20.5. The standard InChI is InChI=1S/C19H26N4O4S/c1-2-28(26,27)22-14-12-21(13-15-22)18(24)8-9-19(25)23-11-10-17(20-23)16-6-4-3-5-7-16/h3-7H,2,8-15H2,1H3. The summed E-state index contributed by atoms with van der Waals surface area (Å²) in [5.41, 5.74) is 1.89. The third-order valence-electron chi connectivity index (χ3n) is 5.10. The maximum atomic E-state index is 12.4. The number of sulfonamides is 1. The van der Waals surface area contributed by atoms with Crippen LogP contribution in [-0.2, 0) is 19.6 Å². The second-order valence-corrected chi connectivity index (χ2v) is 9.12. The van der Waals surface area contributed by atoms with E-state index in [-0.39, 0.29) is 30.4 Å². The van der Waals surface area contributed by atoms with Crippen molar-refractivity contribution in [1.82, 2.24) is 14.2 Å². The van der Waals surface area contributed by atoms with Crippen LogP contribution in [-0.4, -0.2) is 78.6 Å². The monoisotopic (exact) mass is 406 g/mol. The minimum Gasteiger partial charge on any atom is -0.340 e. The topological polar surface area (TPSA) is 90.4 Å². The van der Waals surface area contributed by atoms with Crippen molar-refractivity contribution < 1.29 is 18.0 Å². The Kier molecular flexibility index (Phi) is 6.46. The van der Waals surface area contributed by atoms with Gasteiger partial charge >= 0.3 is 0 Å². The van der Waals surface area contributed by atoms with Gasteiger partial charge in [-0.1, -0.05) is 30.3 Å². The van der Waals surface area contributed by atoms with Crippen molar-refractivity contribution >= 4 is 27.5 Å². The van der Waals surface area contributed by atoms with Gasteiger partial charge in [0.2, 0.25) is 21.8 Å². The van der Waals surface area contributed by atoms with E-state index in [1.165, 1.54) is 9.31 Å². The van der Waals surface area contributed by atoms with Gasteiger partial charge < -0.3 is 4.90 Å². The smallest absolute Gasteiger partial charge is 0.243 e. The molecule has 2 aliphatic rings. The number of hydrogen-bond donors (Lipinski definition) is 0. The molecule has 2 aliphatic heterocycles. The zero-order valence-corrected chi connectivity index (χ0v) is 16.9. The van der Waals surface area contributed by atoms with Gasteiger partial charge in [0, 0.05) is 45.4 Å². The van der Waals surface area contributed by atoms with Gasteiger partial charge in [0.25, 0.3) is 0 Å². The fraction of sp³-hybridized carbons (Fsp3) is 0.526. The molecule has 28 heavy (non-hydrogen) atoms. The van der Waals surface area contributed by atoms with Crippen LogP contribution in [0, 0.1) is 0 Å². The Balaban J connectivity index is 1.46. The highest BCUT2D eigenvalue weighted by atomic mass is 32.2. The van der Waals surface area contributed by atoms with Crippen molar-refractivity contribution in [3.8, 4) is 0 Å². The van der Waals surface area contributed by atoms with Gasteiger partial charge in [-0.25, -0.2) is 13.4 Å². The maximum Gasteiger partial charge on any atom is 0.243 e. The van der Waals surface area contributed by atoms with E-state index in [0.29, 0.717) is 39.1 Å². The predicted molar refractivity (Wildman–Crippen MR) is 106 cm³/mol. The quantitative estimate of drug-likeness (QED) is 0.702. The first-order valence-electron chi connectivity index (χ1n) is 9.59. The lowest BCUT2D eigenvalue weighted by Gasteiger charge is -2.33. The molecule has 0 bridgehead atoms. The van der Waals surface area contributed by atoms with Gasteiger partial charge in [0.05, 0.1) is 18.0 Å². The number of piperazine rings is 1. The number of hydrazone groups is 1. The number of rotatable bonds is 6. The van der Waals surface area contributed by atoms with Crippen LogP contribution >= 0.6 is 0 Å². The van der Waals surface area contributed by atoms with Crippen LogP contribution in [0.4, 0.5) is 0 Å². The molecule has 0 aromatic heterocycles. The molecule has 0 aliphatic carbocycles. The predicted octanol–water partition coefficient (Wildman–Crippen LogP) is 0.897. The molecule has 0 N–H and O–H groups in total. The van der Waals surface area contributed by atoms with E-state index in [4.69, 9.17) is 0 Å². The number of hydrogen-bond acceptors (Lipinski definition) is 5. The molecule has 0 atom stereocenters. The fourth-order valence-electron chi connectivity index (χ4n) is 3.37. The molecular weight excluding hydrogens is 380 g/mol. The van der Waals surface area contributed by atoms with E-state index in [0.717, 1.165) is 11.3 Å². The van der Waals surface area contributed by atoms with Gasteiger partial charge in [-0.3, -0.25) is 9.59 Å². The van der Waals surface area contributed by atoms with E-state index in [9.17, 15) is 18.0 Å². The summed E-state index contributed by atoms with van der Waals surface area (Å²) in [6.45, 7) is 3.51. The molecule has 0 spiro atoms. The molecule has 0 unspecified atom stereocenters. The summed E-state index contributed by atoms with van der Waals surface area (Å²) in [5, 5.41) is 5.84. The Morgan fingerprint density at radius 2 is 1.61 bits per heavy atom. The molecule has 8 nitrogen and oxygen atoms in total. The minimum atomic E-state index is -3.22. The lowest BCUT2D eigenvalue weighted by Crippen LogP contribution is -2.50. The Labute approximate surface area is 165 Å².